The summed E-state index contributed by atoms with van der Waals surface area (Å²) >= 11 is 0. The van der Waals surface area contributed by atoms with Crippen LogP contribution >= 0.6 is 0 Å². The van der Waals surface area contributed by atoms with E-state index in [4.69, 9.17) is 0 Å². The maximum absolute atomic E-state index is 9.38. The summed E-state index contributed by atoms with van der Waals surface area (Å²) in [6.07, 6.45) is 2.64. The first-order valence-electron chi connectivity index (χ1n) is 7.56. The van der Waals surface area contributed by atoms with Gasteiger partial charge in [0.1, 0.15) is 0 Å². The maximum Gasteiger partial charge on any atom is 0.231 e. The number of hydrogen-bond donors (Lipinski definition) is 2. The molecule has 0 aromatic carbocycles. The zero-order valence-corrected chi connectivity index (χ0v) is 13.4. The molecule has 0 bridgehead atoms. The molecule has 21 heavy (non-hydrogen) atoms. The Bertz CT molecular complexity index is 461. The van der Waals surface area contributed by atoms with Gasteiger partial charge in [-0.05, 0) is 25.2 Å². The minimum Gasteiger partial charge on any atom is -0.393 e. The molecule has 1 saturated carbocycles. The summed E-state index contributed by atoms with van der Waals surface area (Å²) in [4.78, 5) is 17.3. The predicted molar refractivity (Wildman–Crippen MR) is 84.9 cm³/mol. The van der Waals surface area contributed by atoms with Crippen molar-refractivity contribution < 1.29 is 5.11 Å². The van der Waals surface area contributed by atoms with Crippen LogP contribution in [0.4, 0.5) is 17.8 Å². The molecule has 1 aliphatic carbocycles. The van der Waals surface area contributed by atoms with Crippen LogP contribution in [0, 0.1) is 5.92 Å². The molecule has 1 aromatic rings. The van der Waals surface area contributed by atoms with Crippen LogP contribution in [0.1, 0.15) is 26.2 Å². The van der Waals surface area contributed by atoms with E-state index in [1.54, 1.807) is 0 Å². The fourth-order valence-electron chi connectivity index (χ4n) is 2.36. The van der Waals surface area contributed by atoms with Crippen LogP contribution in [0.25, 0.3) is 0 Å². The minimum atomic E-state index is -0.124. The minimum absolute atomic E-state index is 0.124. The van der Waals surface area contributed by atoms with E-state index in [1.165, 1.54) is 0 Å². The normalized spacial score (nSPS) is 20.8. The molecular formula is C14H26N6O. The average Bonchev–Trinajstić information content (AvgIpc) is 2.43. The molecule has 1 aromatic heterocycles. The van der Waals surface area contributed by atoms with Crippen molar-refractivity contribution in [3.63, 3.8) is 0 Å². The van der Waals surface area contributed by atoms with E-state index in [2.05, 4.69) is 27.2 Å². The van der Waals surface area contributed by atoms with E-state index in [0.717, 1.165) is 32.4 Å². The van der Waals surface area contributed by atoms with Crippen LogP contribution in [-0.2, 0) is 0 Å². The van der Waals surface area contributed by atoms with Gasteiger partial charge in [-0.3, -0.25) is 0 Å². The molecule has 7 nitrogen and oxygen atoms in total. The van der Waals surface area contributed by atoms with Gasteiger partial charge in [0.15, 0.2) is 0 Å². The lowest BCUT2D eigenvalue weighted by Gasteiger charge is -2.34. The van der Waals surface area contributed by atoms with Crippen LogP contribution in [-0.4, -0.2) is 60.4 Å². The lowest BCUT2D eigenvalue weighted by atomic mass is 9.82. The van der Waals surface area contributed by atoms with E-state index in [0.29, 0.717) is 23.8 Å². The molecule has 1 fully saturated rings. The van der Waals surface area contributed by atoms with Crippen LogP contribution in [0.15, 0.2) is 0 Å². The second kappa shape index (κ2) is 6.89. The van der Waals surface area contributed by atoms with Crippen molar-refractivity contribution in [1.29, 1.82) is 0 Å². The Morgan fingerprint density at radius 2 is 1.81 bits per heavy atom. The van der Waals surface area contributed by atoms with Crippen molar-refractivity contribution in [3.8, 4) is 0 Å². The largest absolute Gasteiger partial charge is 0.393 e. The molecule has 1 aliphatic rings. The molecule has 0 unspecified atom stereocenters. The molecule has 2 N–H and O–H groups in total. The van der Waals surface area contributed by atoms with E-state index in [1.807, 2.05) is 30.9 Å². The van der Waals surface area contributed by atoms with Crippen molar-refractivity contribution >= 4 is 17.8 Å². The summed E-state index contributed by atoms with van der Waals surface area (Å²) in [5.41, 5.74) is 0. The molecule has 0 spiro atoms. The van der Waals surface area contributed by atoms with Gasteiger partial charge in [-0.15, -0.1) is 0 Å². The third-order valence-electron chi connectivity index (χ3n) is 3.63. The van der Waals surface area contributed by atoms with E-state index in [9.17, 15) is 5.11 Å². The fraction of sp³-hybridized carbons (Fsp3) is 0.786. The maximum atomic E-state index is 9.38. The molecular weight excluding hydrogens is 268 g/mol. The molecule has 0 radical (unpaired) electrons. The number of aliphatic hydroxyl groups excluding tert-OH is 1. The first-order valence-corrected chi connectivity index (χ1v) is 7.56. The van der Waals surface area contributed by atoms with Crippen LogP contribution in [0.3, 0.4) is 0 Å². The lowest BCUT2D eigenvalue weighted by Crippen LogP contribution is -2.37. The number of nitrogens with one attached hydrogen (secondary N) is 1. The first kappa shape index (κ1) is 15.8. The second-order valence-electron chi connectivity index (χ2n) is 5.95. The quantitative estimate of drug-likeness (QED) is 0.775. The second-order valence-corrected chi connectivity index (χ2v) is 5.95. The Morgan fingerprint density at radius 1 is 1.14 bits per heavy atom. The summed E-state index contributed by atoms with van der Waals surface area (Å²) < 4.78 is 0. The summed E-state index contributed by atoms with van der Waals surface area (Å²) in [5, 5.41) is 12.6. The number of rotatable bonds is 7. The highest BCUT2D eigenvalue weighted by molar-refractivity contribution is 5.44. The SMILES string of the molecule is CCCNc1nc(N(C)C)nc(N(C)CC2CC(O)C2)n1. The van der Waals surface area contributed by atoms with Gasteiger partial charge in [0, 0.05) is 34.2 Å². The topological polar surface area (TPSA) is 77.4 Å². The zero-order valence-electron chi connectivity index (χ0n) is 13.4. The Morgan fingerprint density at radius 3 is 2.38 bits per heavy atom. The Balaban J connectivity index is 2.10. The average molecular weight is 294 g/mol. The highest BCUT2D eigenvalue weighted by Gasteiger charge is 2.28. The third kappa shape index (κ3) is 4.17. The van der Waals surface area contributed by atoms with Gasteiger partial charge in [0.25, 0.3) is 0 Å². The Labute approximate surface area is 126 Å². The highest BCUT2D eigenvalue weighted by atomic mass is 16.3. The number of aromatic nitrogens is 3. The van der Waals surface area contributed by atoms with Crippen LogP contribution in [0.5, 0.6) is 0 Å². The molecule has 0 saturated heterocycles. The van der Waals surface area contributed by atoms with Crippen molar-refractivity contribution in [1.82, 2.24) is 15.0 Å². The first-order chi connectivity index (χ1) is 9.99. The van der Waals surface area contributed by atoms with Gasteiger partial charge >= 0.3 is 0 Å². The highest BCUT2D eigenvalue weighted by Crippen LogP contribution is 2.28. The lowest BCUT2D eigenvalue weighted by molar-refractivity contribution is 0.0463. The van der Waals surface area contributed by atoms with Crippen LogP contribution in [0.2, 0.25) is 0 Å². The number of hydrogen-bond acceptors (Lipinski definition) is 7. The predicted octanol–water partition coefficient (Wildman–Crippen LogP) is 0.967. The summed E-state index contributed by atoms with van der Waals surface area (Å²) in [6.45, 7) is 3.81. The third-order valence-corrected chi connectivity index (χ3v) is 3.63. The summed E-state index contributed by atoms with van der Waals surface area (Å²) in [6, 6.07) is 0. The Kier molecular flexibility index (Phi) is 5.17. The summed E-state index contributed by atoms with van der Waals surface area (Å²) in [7, 11) is 5.83. The zero-order chi connectivity index (χ0) is 15.4. The van der Waals surface area contributed by atoms with Gasteiger partial charge < -0.3 is 20.2 Å². The van der Waals surface area contributed by atoms with Crippen molar-refractivity contribution in [3.05, 3.63) is 0 Å². The van der Waals surface area contributed by atoms with E-state index >= 15 is 0 Å². The standard InChI is InChI=1S/C14H26N6O/c1-5-6-15-12-16-13(19(2)3)18-14(17-12)20(4)9-10-7-11(21)8-10/h10-11,21H,5-9H2,1-4H3,(H,15,16,17,18). The van der Waals surface area contributed by atoms with Gasteiger partial charge in [0.2, 0.25) is 17.8 Å². The Hall–Kier alpha value is -1.63. The number of nitrogens with zero attached hydrogens (tertiary/aromatic N) is 5. The molecule has 0 atom stereocenters. The molecule has 118 valence electrons. The van der Waals surface area contributed by atoms with E-state index < -0.39 is 0 Å². The van der Waals surface area contributed by atoms with Crippen molar-refractivity contribution in [2.45, 2.75) is 32.3 Å². The molecule has 0 aliphatic heterocycles. The van der Waals surface area contributed by atoms with E-state index in [-0.39, 0.29) is 6.10 Å². The van der Waals surface area contributed by atoms with Crippen molar-refractivity contribution in [2.24, 2.45) is 5.92 Å². The molecule has 0 amide bonds. The summed E-state index contributed by atoms with van der Waals surface area (Å²) in [5.74, 6) is 2.47. The van der Waals surface area contributed by atoms with Crippen LogP contribution < -0.4 is 15.1 Å². The monoisotopic (exact) mass is 294 g/mol. The molecule has 1 heterocycles. The smallest absolute Gasteiger partial charge is 0.231 e. The number of anilines is 3. The van der Waals surface area contributed by atoms with Gasteiger partial charge in [-0.2, -0.15) is 15.0 Å². The van der Waals surface area contributed by atoms with Gasteiger partial charge in [0.05, 0.1) is 6.10 Å². The van der Waals surface area contributed by atoms with Crippen molar-refractivity contribution in [2.75, 3.05) is 49.3 Å². The van der Waals surface area contributed by atoms with Gasteiger partial charge in [-0.25, -0.2) is 0 Å². The molecule has 7 heteroatoms. The van der Waals surface area contributed by atoms with Gasteiger partial charge in [-0.1, -0.05) is 6.92 Å². The number of aliphatic hydroxyl groups is 1. The fourth-order valence-corrected chi connectivity index (χ4v) is 2.36. The molecule has 2 rings (SSSR count).